The normalized spacial score (nSPS) is 27.1. The van der Waals surface area contributed by atoms with E-state index in [2.05, 4.69) is 33.0 Å². The third-order valence-electron chi connectivity index (χ3n) is 3.14. The summed E-state index contributed by atoms with van der Waals surface area (Å²) in [6, 6.07) is 0.439. The van der Waals surface area contributed by atoms with Crippen molar-refractivity contribution < 1.29 is 5.21 Å². The van der Waals surface area contributed by atoms with Gasteiger partial charge in [0.15, 0.2) is 0 Å². The van der Waals surface area contributed by atoms with E-state index >= 15 is 0 Å². The minimum Gasteiger partial charge on any atom is -0.388 e. The highest BCUT2D eigenvalue weighted by molar-refractivity contribution is 5.00. The monoisotopic (exact) mass is 212 g/mol. The molecular weight excluding hydrogens is 188 g/mol. The molecule has 0 atom stereocenters. The van der Waals surface area contributed by atoms with Crippen molar-refractivity contribution in [2.24, 2.45) is 0 Å². The van der Waals surface area contributed by atoms with E-state index < -0.39 is 0 Å². The fourth-order valence-corrected chi connectivity index (χ4v) is 2.62. The highest BCUT2D eigenvalue weighted by Gasteiger charge is 2.44. The Morgan fingerprint density at radius 2 is 1.67 bits per heavy atom. The lowest BCUT2D eigenvalue weighted by Crippen LogP contribution is -2.62. The van der Waals surface area contributed by atoms with Crippen LogP contribution >= 0.6 is 0 Å². The first-order valence-electron chi connectivity index (χ1n) is 5.66. The maximum atomic E-state index is 10.1. The third-order valence-corrected chi connectivity index (χ3v) is 3.14. The summed E-state index contributed by atoms with van der Waals surface area (Å²) >= 11 is 0. The molecule has 3 heteroatoms. The molecule has 0 aromatic heterocycles. The van der Waals surface area contributed by atoms with Crippen LogP contribution in [0, 0.1) is 0 Å². The molecule has 0 aromatic rings. The topological polar surface area (TPSA) is 35.5 Å². The lowest BCUT2D eigenvalue weighted by atomic mass is 9.79. The maximum Gasteiger partial charge on any atom is 0.0429 e. The van der Waals surface area contributed by atoms with Gasteiger partial charge >= 0.3 is 0 Å². The molecule has 1 rings (SSSR count). The fourth-order valence-electron chi connectivity index (χ4n) is 2.62. The van der Waals surface area contributed by atoms with E-state index in [-0.39, 0.29) is 11.1 Å². The van der Waals surface area contributed by atoms with Crippen molar-refractivity contribution in [3.63, 3.8) is 0 Å². The molecule has 1 aliphatic heterocycles. The molecule has 1 aliphatic rings. The Morgan fingerprint density at radius 1 is 1.20 bits per heavy atom. The van der Waals surface area contributed by atoms with Gasteiger partial charge in [-0.05, 0) is 53.7 Å². The van der Waals surface area contributed by atoms with Crippen LogP contribution in [0.4, 0.5) is 0 Å². The van der Waals surface area contributed by atoms with Gasteiger partial charge in [0, 0.05) is 17.1 Å². The zero-order valence-corrected chi connectivity index (χ0v) is 10.5. The summed E-state index contributed by atoms with van der Waals surface area (Å²) in [4.78, 5) is 0. The first kappa shape index (κ1) is 12.5. The van der Waals surface area contributed by atoms with Gasteiger partial charge < -0.3 is 10.5 Å². The summed E-state index contributed by atoms with van der Waals surface area (Å²) < 4.78 is 0. The average Bonchev–Trinajstić information content (AvgIpc) is 2.10. The number of nitrogens with one attached hydrogen (secondary N) is 1. The number of hydrogen-bond donors (Lipinski definition) is 2. The number of piperidine rings is 1. The van der Waals surface area contributed by atoms with Gasteiger partial charge in [-0.3, -0.25) is 0 Å². The van der Waals surface area contributed by atoms with Crippen LogP contribution in [-0.4, -0.2) is 27.4 Å². The smallest absolute Gasteiger partial charge is 0.0429 e. The zero-order chi connectivity index (χ0) is 11.7. The second-order valence-corrected chi connectivity index (χ2v) is 5.71. The summed E-state index contributed by atoms with van der Waals surface area (Å²) in [7, 11) is 0. The summed E-state index contributed by atoms with van der Waals surface area (Å²) in [6.45, 7) is 10.3. The highest BCUT2D eigenvalue weighted by atomic mass is 16.5. The molecule has 0 unspecified atom stereocenters. The van der Waals surface area contributed by atoms with Gasteiger partial charge in [0.25, 0.3) is 0 Å². The lowest BCUT2D eigenvalue weighted by Gasteiger charge is -2.51. The Labute approximate surface area is 93.1 Å². The summed E-state index contributed by atoms with van der Waals surface area (Å²) in [5.74, 6) is 0. The van der Waals surface area contributed by atoms with Gasteiger partial charge in [-0.2, -0.15) is 5.06 Å². The first-order chi connectivity index (χ1) is 6.79. The molecule has 1 heterocycles. The van der Waals surface area contributed by atoms with Gasteiger partial charge in [-0.25, -0.2) is 0 Å². The largest absolute Gasteiger partial charge is 0.388 e. The van der Waals surface area contributed by atoms with E-state index in [0.717, 1.165) is 12.8 Å². The minimum absolute atomic E-state index is 0.166. The Hall–Kier alpha value is -0.540. The summed E-state index contributed by atoms with van der Waals surface area (Å²) in [5.41, 5.74) is -0.331. The van der Waals surface area contributed by atoms with Crippen molar-refractivity contribution in [2.75, 3.05) is 0 Å². The maximum absolute atomic E-state index is 10.1. The average molecular weight is 212 g/mol. The van der Waals surface area contributed by atoms with Crippen LogP contribution in [0.5, 0.6) is 0 Å². The second-order valence-electron chi connectivity index (χ2n) is 5.71. The van der Waals surface area contributed by atoms with Crippen LogP contribution in [0.2, 0.25) is 0 Å². The van der Waals surface area contributed by atoms with E-state index in [1.807, 2.05) is 19.2 Å². The predicted octanol–water partition coefficient (Wildman–Crippen LogP) is 2.52. The van der Waals surface area contributed by atoms with Crippen molar-refractivity contribution in [1.82, 2.24) is 10.4 Å². The van der Waals surface area contributed by atoms with E-state index in [9.17, 15) is 5.21 Å². The van der Waals surface area contributed by atoms with Crippen molar-refractivity contribution in [2.45, 2.75) is 64.6 Å². The molecule has 0 bridgehead atoms. The lowest BCUT2D eigenvalue weighted by molar-refractivity contribution is -0.245. The molecule has 0 aromatic carbocycles. The molecule has 0 amide bonds. The van der Waals surface area contributed by atoms with Crippen LogP contribution in [0.25, 0.3) is 0 Å². The molecule has 0 saturated carbocycles. The molecule has 3 nitrogen and oxygen atoms in total. The standard InChI is InChI=1S/C12H24N2O/c1-6-7-13-10-8-11(2,3)14(15)12(4,5)9-10/h6-7,10,13,15H,8-9H2,1-5H3. The molecule has 0 radical (unpaired) electrons. The van der Waals surface area contributed by atoms with Gasteiger partial charge in [-0.15, -0.1) is 0 Å². The Morgan fingerprint density at radius 3 is 2.07 bits per heavy atom. The van der Waals surface area contributed by atoms with Crippen LogP contribution in [0.1, 0.15) is 47.5 Å². The van der Waals surface area contributed by atoms with Crippen LogP contribution < -0.4 is 5.32 Å². The van der Waals surface area contributed by atoms with Gasteiger partial charge in [0.2, 0.25) is 0 Å². The molecule has 1 fully saturated rings. The Bertz CT molecular complexity index is 228. The molecule has 1 saturated heterocycles. The number of allylic oxidation sites excluding steroid dienone is 1. The van der Waals surface area contributed by atoms with Gasteiger partial charge in [0.1, 0.15) is 0 Å². The van der Waals surface area contributed by atoms with E-state index in [0.29, 0.717) is 6.04 Å². The van der Waals surface area contributed by atoms with Gasteiger partial charge in [0.05, 0.1) is 0 Å². The highest BCUT2D eigenvalue weighted by Crippen LogP contribution is 2.36. The van der Waals surface area contributed by atoms with Crippen molar-refractivity contribution in [1.29, 1.82) is 0 Å². The van der Waals surface area contributed by atoms with Crippen LogP contribution in [-0.2, 0) is 0 Å². The van der Waals surface area contributed by atoms with E-state index in [1.165, 1.54) is 5.06 Å². The van der Waals surface area contributed by atoms with Crippen LogP contribution in [0.15, 0.2) is 12.3 Å². The predicted molar refractivity (Wildman–Crippen MR) is 62.8 cm³/mol. The van der Waals surface area contributed by atoms with Crippen molar-refractivity contribution in [3.05, 3.63) is 12.3 Å². The minimum atomic E-state index is -0.166. The van der Waals surface area contributed by atoms with Gasteiger partial charge in [-0.1, -0.05) is 6.08 Å². The molecule has 0 spiro atoms. The van der Waals surface area contributed by atoms with E-state index in [4.69, 9.17) is 0 Å². The molecule has 15 heavy (non-hydrogen) atoms. The zero-order valence-electron chi connectivity index (χ0n) is 10.5. The number of nitrogens with zero attached hydrogens (tertiary/aromatic N) is 1. The second kappa shape index (κ2) is 4.14. The Kier molecular flexibility index (Phi) is 3.46. The molecule has 2 N–H and O–H groups in total. The number of hydrogen-bond acceptors (Lipinski definition) is 3. The van der Waals surface area contributed by atoms with Crippen molar-refractivity contribution >= 4 is 0 Å². The first-order valence-corrected chi connectivity index (χ1v) is 5.66. The van der Waals surface area contributed by atoms with Crippen molar-refractivity contribution in [3.8, 4) is 0 Å². The fraction of sp³-hybridized carbons (Fsp3) is 0.833. The third kappa shape index (κ3) is 2.73. The number of rotatable bonds is 2. The Balaban J connectivity index is 2.75. The summed E-state index contributed by atoms with van der Waals surface area (Å²) in [5, 5.41) is 15.0. The van der Waals surface area contributed by atoms with Crippen LogP contribution in [0.3, 0.4) is 0 Å². The molecule has 88 valence electrons. The molecule has 0 aliphatic carbocycles. The van der Waals surface area contributed by atoms with E-state index in [1.54, 1.807) is 0 Å². The summed E-state index contributed by atoms with van der Waals surface area (Å²) in [6.07, 6.45) is 5.91. The SMILES string of the molecule is CC=CNC1CC(C)(C)N(O)C(C)(C)C1. The molecular formula is C12H24N2O. The quantitative estimate of drug-likeness (QED) is 0.738. The number of hydroxylamine groups is 2.